The van der Waals surface area contributed by atoms with Crippen molar-refractivity contribution in [1.82, 2.24) is 14.9 Å². The zero-order valence-electron chi connectivity index (χ0n) is 19.8. The van der Waals surface area contributed by atoms with Crippen molar-refractivity contribution in [2.75, 3.05) is 4.90 Å². The second kappa shape index (κ2) is 9.00. The topological polar surface area (TPSA) is 70.4 Å². The van der Waals surface area contributed by atoms with Crippen molar-refractivity contribution in [3.8, 4) is 5.69 Å². The van der Waals surface area contributed by atoms with Gasteiger partial charge in [-0.2, -0.15) is 0 Å². The van der Waals surface area contributed by atoms with Gasteiger partial charge in [0.2, 0.25) is 0 Å². The summed E-state index contributed by atoms with van der Waals surface area (Å²) < 4.78 is 2.02. The molecule has 1 fully saturated rings. The largest absolute Gasteiger partial charge is 0.478 e. The Morgan fingerprint density at radius 3 is 2.40 bits per heavy atom. The summed E-state index contributed by atoms with van der Waals surface area (Å²) in [5, 5.41) is 13.9. The van der Waals surface area contributed by atoms with Gasteiger partial charge in [0.1, 0.15) is 0 Å². The maximum atomic E-state index is 12.0. The van der Waals surface area contributed by atoms with Crippen molar-refractivity contribution >= 4 is 29.0 Å². The molecule has 2 atom stereocenters. The normalized spacial score (nSPS) is 17.5. The van der Waals surface area contributed by atoms with Crippen molar-refractivity contribution in [3.63, 3.8) is 0 Å². The third-order valence-electron chi connectivity index (χ3n) is 6.57. The molecule has 0 unspecified atom stereocenters. The van der Waals surface area contributed by atoms with E-state index in [0.717, 1.165) is 28.3 Å². The molecule has 0 radical (unpaired) electrons. The highest BCUT2D eigenvalue weighted by atomic mass is 32.1. The van der Waals surface area contributed by atoms with E-state index in [0.29, 0.717) is 10.8 Å². The van der Waals surface area contributed by atoms with E-state index in [1.54, 1.807) is 18.3 Å². The summed E-state index contributed by atoms with van der Waals surface area (Å²) in [6.45, 7) is 6.10. The Morgan fingerprint density at radius 2 is 1.71 bits per heavy atom. The molecule has 5 rings (SSSR count). The van der Waals surface area contributed by atoms with Crippen LogP contribution in [0.2, 0.25) is 0 Å². The molecule has 35 heavy (non-hydrogen) atoms. The van der Waals surface area contributed by atoms with Gasteiger partial charge in [0.05, 0.1) is 29.0 Å². The molecular formula is C28H26N4O2S. The minimum Gasteiger partial charge on any atom is -0.478 e. The number of nitrogens with one attached hydrogen (secondary N) is 1. The second-order valence-corrected chi connectivity index (χ2v) is 9.20. The third-order valence-corrected chi connectivity index (χ3v) is 6.89. The van der Waals surface area contributed by atoms with Gasteiger partial charge < -0.3 is 19.9 Å². The summed E-state index contributed by atoms with van der Waals surface area (Å²) in [6, 6.07) is 23.1. The fourth-order valence-electron chi connectivity index (χ4n) is 4.96. The molecule has 176 valence electrons. The number of anilines is 1. The van der Waals surface area contributed by atoms with Crippen LogP contribution in [0, 0.1) is 20.8 Å². The van der Waals surface area contributed by atoms with Gasteiger partial charge in [0.15, 0.2) is 5.11 Å². The van der Waals surface area contributed by atoms with Crippen molar-refractivity contribution in [2.45, 2.75) is 32.9 Å². The highest BCUT2D eigenvalue weighted by Crippen LogP contribution is 2.43. The van der Waals surface area contributed by atoms with Crippen molar-refractivity contribution in [1.29, 1.82) is 0 Å². The smallest absolute Gasteiger partial charge is 0.337 e. The second-order valence-electron chi connectivity index (χ2n) is 8.82. The Kier molecular flexibility index (Phi) is 5.86. The number of hydrogen-bond donors (Lipinski definition) is 2. The molecule has 2 aromatic heterocycles. The van der Waals surface area contributed by atoms with E-state index in [-0.39, 0.29) is 17.6 Å². The minimum absolute atomic E-state index is 0.169. The van der Waals surface area contributed by atoms with Crippen molar-refractivity contribution in [3.05, 3.63) is 113 Å². The lowest BCUT2D eigenvalue weighted by molar-refractivity contribution is 0.0697. The molecule has 7 heteroatoms. The van der Waals surface area contributed by atoms with E-state index < -0.39 is 5.97 Å². The average Bonchev–Trinajstić information content (AvgIpc) is 3.35. The zero-order chi connectivity index (χ0) is 24.7. The first-order valence-electron chi connectivity index (χ1n) is 11.5. The first-order valence-corrected chi connectivity index (χ1v) is 11.9. The number of hydrogen-bond acceptors (Lipinski definition) is 3. The van der Waals surface area contributed by atoms with E-state index >= 15 is 0 Å². The van der Waals surface area contributed by atoms with Gasteiger partial charge in [0, 0.05) is 23.3 Å². The molecule has 4 aromatic rings. The average molecular weight is 483 g/mol. The van der Waals surface area contributed by atoms with Gasteiger partial charge in [-0.1, -0.05) is 35.9 Å². The molecule has 0 bridgehead atoms. The Bertz CT molecular complexity index is 1410. The number of benzene rings is 2. The van der Waals surface area contributed by atoms with Gasteiger partial charge in [-0.15, -0.1) is 0 Å². The van der Waals surface area contributed by atoms with Crippen molar-refractivity contribution < 1.29 is 9.90 Å². The lowest BCUT2D eigenvalue weighted by atomic mass is 9.96. The molecular weight excluding hydrogens is 456 g/mol. The van der Waals surface area contributed by atoms with Gasteiger partial charge in [0.25, 0.3) is 0 Å². The Morgan fingerprint density at radius 1 is 1.00 bits per heavy atom. The monoisotopic (exact) mass is 482 g/mol. The van der Waals surface area contributed by atoms with Crippen LogP contribution in [0.15, 0.2) is 79.0 Å². The van der Waals surface area contributed by atoms with Gasteiger partial charge >= 0.3 is 5.97 Å². The highest BCUT2D eigenvalue weighted by molar-refractivity contribution is 7.80. The summed E-state index contributed by atoms with van der Waals surface area (Å²) >= 11 is 5.84. The van der Waals surface area contributed by atoms with Crippen LogP contribution in [0.5, 0.6) is 0 Å². The van der Waals surface area contributed by atoms with E-state index in [9.17, 15) is 9.90 Å². The molecule has 6 nitrogen and oxygen atoms in total. The predicted molar refractivity (Wildman–Crippen MR) is 141 cm³/mol. The number of rotatable bonds is 5. The van der Waals surface area contributed by atoms with E-state index in [1.807, 2.05) is 48.7 Å². The van der Waals surface area contributed by atoms with Crippen LogP contribution in [0.1, 0.15) is 50.7 Å². The van der Waals surface area contributed by atoms with Crippen LogP contribution >= 0.6 is 12.2 Å². The van der Waals surface area contributed by atoms with E-state index in [1.165, 1.54) is 5.56 Å². The molecule has 0 aliphatic carbocycles. The predicted octanol–water partition coefficient (Wildman–Crippen LogP) is 5.67. The highest BCUT2D eigenvalue weighted by Gasteiger charge is 2.42. The first-order chi connectivity index (χ1) is 16.9. The van der Waals surface area contributed by atoms with Crippen LogP contribution in [0.25, 0.3) is 5.69 Å². The summed E-state index contributed by atoms with van der Waals surface area (Å²) in [5.74, 6) is -0.953. The maximum absolute atomic E-state index is 12.0. The number of carboxylic acids is 1. The van der Waals surface area contributed by atoms with Crippen LogP contribution in [-0.2, 0) is 0 Å². The number of carboxylic acid groups (broad SMARTS) is 1. The first kappa shape index (κ1) is 22.8. The number of aromatic nitrogens is 2. The molecule has 0 amide bonds. The number of thiocarbonyl (C=S) groups is 1. The number of aromatic carboxylic acids is 1. The van der Waals surface area contributed by atoms with Crippen LogP contribution < -0.4 is 10.2 Å². The lowest BCUT2D eigenvalue weighted by Crippen LogP contribution is -2.29. The Balaban J connectivity index is 1.70. The summed E-state index contributed by atoms with van der Waals surface area (Å²) in [4.78, 5) is 18.7. The van der Waals surface area contributed by atoms with E-state index in [4.69, 9.17) is 12.2 Å². The van der Waals surface area contributed by atoms with Gasteiger partial charge in [-0.3, -0.25) is 4.98 Å². The summed E-state index contributed by atoms with van der Waals surface area (Å²) in [5.41, 5.74) is 6.94. The van der Waals surface area contributed by atoms with Gasteiger partial charge in [-0.05, 0) is 81.0 Å². The maximum Gasteiger partial charge on any atom is 0.337 e. The Hall–Kier alpha value is -3.97. The van der Waals surface area contributed by atoms with Crippen molar-refractivity contribution in [2.24, 2.45) is 0 Å². The third kappa shape index (κ3) is 3.98. The molecule has 1 aliphatic heterocycles. The number of carbonyl (C=O) groups is 1. The molecule has 0 saturated carbocycles. The van der Waals surface area contributed by atoms with Crippen LogP contribution in [0.3, 0.4) is 0 Å². The molecule has 2 N–H and O–H groups in total. The summed E-state index contributed by atoms with van der Waals surface area (Å²) in [7, 11) is 0. The summed E-state index contributed by atoms with van der Waals surface area (Å²) in [6.07, 6.45) is 1.79. The van der Waals surface area contributed by atoms with Crippen LogP contribution in [0.4, 0.5) is 5.69 Å². The number of pyridine rings is 1. The molecule has 2 aromatic carbocycles. The fraction of sp³-hybridized carbons (Fsp3) is 0.179. The number of para-hydroxylation sites is 1. The number of aryl methyl sites for hydroxylation is 2. The zero-order valence-corrected chi connectivity index (χ0v) is 20.6. The van der Waals surface area contributed by atoms with Gasteiger partial charge in [-0.25, -0.2) is 4.79 Å². The van der Waals surface area contributed by atoms with Crippen LogP contribution in [-0.4, -0.2) is 25.7 Å². The molecule has 1 aliphatic rings. The molecule has 0 spiro atoms. The standard InChI is InChI=1S/C28H26N4O2S/c1-17-11-13-20(14-12-17)32-26(25(30-28(32)35)23-9-6-7-15-29-23)22-16-18(2)31(19(22)3)24-10-5-4-8-21(24)27(33)34/h4-16,25-26H,1-3H3,(H,30,35)(H,33,34)/t25-,26+/m1/s1. The molecule has 1 saturated heterocycles. The quantitative estimate of drug-likeness (QED) is 0.357. The fourth-order valence-corrected chi connectivity index (χ4v) is 5.31. The Labute approximate surface area is 209 Å². The lowest BCUT2D eigenvalue weighted by Gasteiger charge is -2.28. The molecule has 3 heterocycles. The number of nitrogens with zero attached hydrogens (tertiary/aromatic N) is 3. The SMILES string of the molecule is Cc1ccc(N2C(=S)N[C@H](c3ccccn3)[C@@H]2c2cc(C)n(-c3ccccc3C(=O)O)c2C)cc1. The minimum atomic E-state index is -0.953. The van der Waals surface area contributed by atoms with E-state index in [2.05, 4.69) is 52.5 Å².